The summed E-state index contributed by atoms with van der Waals surface area (Å²) in [5.41, 5.74) is 1.46. The standard InChI is InChI=1S/C15H15ClN2O2/c1-18(10-12-5-3-4-6-13(12)20-2)15(19)11-7-8-14(16)17-9-11/h3-9H,10H2,1-2H3. The van der Waals surface area contributed by atoms with Gasteiger partial charge in [0.2, 0.25) is 0 Å². The number of hydrogen-bond acceptors (Lipinski definition) is 3. The summed E-state index contributed by atoms with van der Waals surface area (Å²) in [6, 6.07) is 10.9. The number of aromatic nitrogens is 1. The highest BCUT2D eigenvalue weighted by Crippen LogP contribution is 2.19. The molecule has 0 saturated carbocycles. The summed E-state index contributed by atoms with van der Waals surface area (Å²) >= 11 is 5.71. The highest BCUT2D eigenvalue weighted by atomic mass is 35.5. The third-order valence-electron chi connectivity index (χ3n) is 2.92. The first-order valence-electron chi connectivity index (χ1n) is 6.10. The first-order valence-corrected chi connectivity index (χ1v) is 6.48. The molecule has 2 rings (SSSR count). The zero-order valence-electron chi connectivity index (χ0n) is 11.3. The maximum atomic E-state index is 12.3. The summed E-state index contributed by atoms with van der Waals surface area (Å²) in [4.78, 5) is 17.8. The SMILES string of the molecule is COc1ccccc1CN(C)C(=O)c1ccc(Cl)nc1. The molecule has 0 radical (unpaired) electrons. The molecule has 0 bridgehead atoms. The van der Waals surface area contributed by atoms with E-state index in [0.717, 1.165) is 11.3 Å². The molecule has 0 spiro atoms. The second-order valence-electron chi connectivity index (χ2n) is 4.34. The lowest BCUT2D eigenvalue weighted by molar-refractivity contribution is 0.0784. The van der Waals surface area contributed by atoms with E-state index in [9.17, 15) is 4.79 Å². The van der Waals surface area contributed by atoms with Crippen LogP contribution in [0.1, 0.15) is 15.9 Å². The molecule has 0 N–H and O–H groups in total. The molecule has 0 atom stereocenters. The number of halogens is 1. The van der Waals surface area contributed by atoms with Crippen molar-refractivity contribution in [3.8, 4) is 5.75 Å². The van der Waals surface area contributed by atoms with Gasteiger partial charge in [-0.3, -0.25) is 4.79 Å². The Balaban J connectivity index is 2.13. The minimum atomic E-state index is -0.111. The van der Waals surface area contributed by atoms with Crippen LogP contribution in [0.25, 0.3) is 0 Å². The average molecular weight is 291 g/mol. The maximum absolute atomic E-state index is 12.3. The Morgan fingerprint density at radius 3 is 2.70 bits per heavy atom. The Hall–Kier alpha value is -2.07. The van der Waals surface area contributed by atoms with Gasteiger partial charge in [-0.05, 0) is 18.2 Å². The zero-order valence-corrected chi connectivity index (χ0v) is 12.1. The van der Waals surface area contributed by atoms with Gasteiger partial charge in [0, 0.05) is 25.4 Å². The van der Waals surface area contributed by atoms with Gasteiger partial charge in [0.15, 0.2) is 0 Å². The van der Waals surface area contributed by atoms with Crippen molar-refractivity contribution in [3.05, 3.63) is 58.9 Å². The van der Waals surface area contributed by atoms with Crippen LogP contribution in [0.4, 0.5) is 0 Å². The van der Waals surface area contributed by atoms with Crippen molar-refractivity contribution < 1.29 is 9.53 Å². The van der Waals surface area contributed by atoms with E-state index in [4.69, 9.17) is 16.3 Å². The fourth-order valence-corrected chi connectivity index (χ4v) is 2.00. The van der Waals surface area contributed by atoms with Crippen LogP contribution in [0.2, 0.25) is 5.15 Å². The Labute approximate surface area is 123 Å². The molecule has 0 aliphatic carbocycles. The molecule has 20 heavy (non-hydrogen) atoms. The van der Waals surface area contributed by atoms with Crippen molar-refractivity contribution in [3.63, 3.8) is 0 Å². The van der Waals surface area contributed by atoms with Gasteiger partial charge >= 0.3 is 0 Å². The molecule has 0 fully saturated rings. The van der Waals surface area contributed by atoms with Crippen LogP contribution in [0.5, 0.6) is 5.75 Å². The number of rotatable bonds is 4. The monoisotopic (exact) mass is 290 g/mol. The van der Waals surface area contributed by atoms with Crippen LogP contribution < -0.4 is 4.74 Å². The molecule has 4 nitrogen and oxygen atoms in total. The van der Waals surface area contributed by atoms with Crippen LogP contribution in [-0.4, -0.2) is 29.9 Å². The minimum Gasteiger partial charge on any atom is -0.496 e. The largest absolute Gasteiger partial charge is 0.496 e. The number of para-hydroxylation sites is 1. The van der Waals surface area contributed by atoms with E-state index in [1.807, 2.05) is 24.3 Å². The van der Waals surface area contributed by atoms with E-state index in [-0.39, 0.29) is 5.91 Å². The second kappa shape index (κ2) is 6.39. The summed E-state index contributed by atoms with van der Waals surface area (Å²) < 4.78 is 5.28. The molecule has 0 aliphatic rings. The molecule has 1 aromatic heterocycles. The molecule has 1 amide bonds. The number of pyridine rings is 1. The van der Waals surface area contributed by atoms with Crippen LogP contribution in [0, 0.1) is 0 Å². The lowest BCUT2D eigenvalue weighted by atomic mass is 10.1. The predicted molar refractivity (Wildman–Crippen MR) is 78.0 cm³/mol. The molecule has 0 saturated heterocycles. The number of amides is 1. The number of ether oxygens (including phenoxy) is 1. The molecule has 104 valence electrons. The summed E-state index contributed by atoms with van der Waals surface area (Å²) in [6.45, 7) is 0.464. The first-order chi connectivity index (χ1) is 9.61. The third kappa shape index (κ3) is 3.27. The number of carbonyl (C=O) groups is 1. The molecule has 2 aromatic rings. The van der Waals surface area contributed by atoms with Crippen LogP contribution in [0.3, 0.4) is 0 Å². The van der Waals surface area contributed by atoms with Crippen LogP contribution in [0.15, 0.2) is 42.6 Å². The maximum Gasteiger partial charge on any atom is 0.255 e. The Morgan fingerprint density at radius 2 is 2.05 bits per heavy atom. The number of hydrogen-bond donors (Lipinski definition) is 0. The van der Waals surface area contributed by atoms with E-state index in [1.165, 1.54) is 6.20 Å². The van der Waals surface area contributed by atoms with Gasteiger partial charge in [-0.25, -0.2) is 4.98 Å². The summed E-state index contributed by atoms with van der Waals surface area (Å²) in [7, 11) is 3.35. The predicted octanol–water partition coefficient (Wildman–Crippen LogP) is 3.02. The highest BCUT2D eigenvalue weighted by molar-refractivity contribution is 6.29. The number of nitrogens with zero attached hydrogens (tertiary/aromatic N) is 2. The first kappa shape index (κ1) is 14.3. The lowest BCUT2D eigenvalue weighted by Crippen LogP contribution is -2.26. The van der Waals surface area contributed by atoms with Crippen molar-refractivity contribution in [2.24, 2.45) is 0 Å². The van der Waals surface area contributed by atoms with Gasteiger partial charge < -0.3 is 9.64 Å². The Bertz CT molecular complexity index is 599. The third-order valence-corrected chi connectivity index (χ3v) is 3.14. The second-order valence-corrected chi connectivity index (χ2v) is 4.73. The molecule has 0 unspecified atom stereocenters. The van der Waals surface area contributed by atoms with E-state index < -0.39 is 0 Å². The lowest BCUT2D eigenvalue weighted by Gasteiger charge is -2.18. The van der Waals surface area contributed by atoms with Gasteiger partial charge in [0.1, 0.15) is 10.9 Å². The normalized spacial score (nSPS) is 10.2. The summed E-state index contributed by atoms with van der Waals surface area (Å²) in [5, 5.41) is 0.369. The number of benzene rings is 1. The molecular formula is C15H15ClN2O2. The summed E-state index contributed by atoms with van der Waals surface area (Å²) in [5.74, 6) is 0.654. The Kier molecular flexibility index (Phi) is 4.58. The number of carbonyl (C=O) groups excluding carboxylic acids is 1. The molecule has 1 aromatic carbocycles. The molecule has 5 heteroatoms. The van der Waals surface area contributed by atoms with E-state index in [2.05, 4.69) is 4.98 Å². The highest BCUT2D eigenvalue weighted by Gasteiger charge is 2.14. The molecule has 0 aliphatic heterocycles. The van der Waals surface area contributed by atoms with E-state index in [0.29, 0.717) is 17.3 Å². The van der Waals surface area contributed by atoms with Crippen LogP contribution >= 0.6 is 11.6 Å². The van der Waals surface area contributed by atoms with Crippen molar-refractivity contribution in [2.45, 2.75) is 6.54 Å². The van der Waals surface area contributed by atoms with Crippen molar-refractivity contribution in [1.29, 1.82) is 0 Å². The van der Waals surface area contributed by atoms with Gasteiger partial charge in [-0.2, -0.15) is 0 Å². The van der Waals surface area contributed by atoms with Gasteiger partial charge in [-0.1, -0.05) is 29.8 Å². The smallest absolute Gasteiger partial charge is 0.255 e. The average Bonchev–Trinajstić information content (AvgIpc) is 2.48. The fraction of sp³-hybridized carbons (Fsp3) is 0.200. The quantitative estimate of drug-likeness (QED) is 0.813. The van der Waals surface area contributed by atoms with E-state index >= 15 is 0 Å². The van der Waals surface area contributed by atoms with Crippen molar-refractivity contribution in [2.75, 3.05) is 14.2 Å². The minimum absolute atomic E-state index is 0.111. The topological polar surface area (TPSA) is 42.4 Å². The van der Waals surface area contributed by atoms with Crippen LogP contribution in [-0.2, 0) is 6.54 Å². The van der Waals surface area contributed by atoms with E-state index in [1.54, 1.807) is 31.2 Å². The van der Waals surface area contributed by atoms with Gasteiger partial charge in [0.25, 0.3) is 5.91 Å². The zero-order chi connectivity index (χ0) is 14.5. The van der Waals surface area contributed by atoms with Gasteiger partial charge in [0.05, 0.1) is 12.7 Å². The van der Waals surface area contributed by atoms with Crippen molar-refractivity contribution in [1.82, 2.24) is 9.88 Å². The molecular weight excluding hydrogens is 276 g/mol. The molecule has 1 heterocycles. The van der Waals surface area contributed by atoms with Crippen molar-refractivity contribution >= 4 is 17.5 Å². The Morgan fingerprint density at radius 1 is 1.30 bits per heavy atom. The number of methoxy groups -OCH3 is 1. The fourth-order valence-electron chi connectivity index (χ4n) is 1.88. The van der Waals surface area contributed by atoms with Gasteiger partial charge in [-0.15, -0.1) is 0 Å². The summed E-state index contributed by atoms with van der Waals surface area (Å²) in [6.07, 6.45) is 1.48.